The molecule has 0 amide bonds. The van der Waals surface area contributed by atoms with Gasteiger partial charge < -0.3 is 10.6 Å². The largest absolute Gasteiger partial charge is 0.370 e. The minimum Gasteiger partial charge on any atom is -0.370 e. The van der Waals surface area contributed by atoms with E-state index < -0.39 is 0 Å². The van der Waals surface area contributed by atoms with Crippen molar-refractivity contribution in [3.63, 3.8) is 0 Å². The minimum atomic E-state index is 0.809. The summed E-state index contributed by atoms with van der Waals surface area (Å²) in [5.41, 5.74) is 0. The molecule has 0 aliphatic heterocycles. The summed E-state index contributed by atoms with van der Waals surface area (Å²) in [6.45, 7) is 8.12. The molecule has 0 fully saturated rings. The van der Waals surface area contributed by atoms with Gasteiger partial charge in [-0.1, -0.05) is 39.0 Å². The number of nitrogens with one attached hydrogen (secondary N) is 2. The molecule has 1 heterocycles. The minimum absolute atomic E-state index is 0.809. The van der Waals surface area contributed by atoms with Crippen molar-refractivity contribution in [1.29, 1.82) is 0 Å². The van der Waals surface area contributed by atoms with Crippen molar-refractivity contribution in [3.05, 3.63) is 11.9 Å². The molecule has 1 rings (SSSR count). The van der Waals surface area contributed by atoms with Gasteiger partial charge in [0.15, 0.2) is 0 Å². The van der Waals surface area contributed by atoms with Gasteiger partial charge in [-0.15, -0.1) is 0 Å². The van der Waals surface area contributed by atoms with Crippen molar-refractivity contribution >= 4 is 11.6 Å². The number of hydrogen-bond donors (Lipinski definition) is 2. The van der Waals surface area contributed by atoms with Crippen molar-refractivity contribution < 1.29 is 0 Å². The predicted octanol–water partition coefficient (Wildman–Crippen LogP) is 3.99. The van der Waals surface area contributed by atoms with E-state index in [9.17, 15) is 0 Å². The second kappa shape index (κ2) is 9.59. The van der Waals surface area contributed by atoms with E-state index in [0.29, 0.717) is 0 Å². The Bertz CT molecular complexity index is 352. The first kappa shape index (κ1) is 15.7. The summed E-state index contributed by atoms with van der Waals surface area (Å²) in [4.78, 5) is 8.74. The molecule has 0 saturated heterocycles. The highest BCUT2D eigenvalue weighted by Gasteiger charge is 2.00. The van der Waals surface area contributed by atoms with Gasteiger partial charge in [-0.2, -0.15) is 0 Å². The first-order valence-corrected chi connectivity index (χ1v) is 7.59. The van der Waals surface area contributed by atoms with E-state index in [-0.39, 0.29) is 0 Å². The molecule has 0 bridgehead atoms. The summed E-state index contributed by atoms with van der Waals surface area (Å²) in [7, 11) is 0. The molecule has 2 N–H and O–H groups in total. The molecule has 0 radical (unpaired) electrons. The van der Waals surface area contributed by atoms with Gasteiger partial charge in [0.05, 0.1) is 0 Å². The Morgan fingerprint density at radius 2 is 1.53 bits per heavy atom. The number of rotatable bonds is 10. The first-order valence-electron chi connectivity index (χ1n) is 7.59. The summed E-state index contributed by atoms with van der Waals surface area (Å²) < 4.78 is 0. The van der Waals surface area contributed by atoms with Crippen LogP contribution in [0.4, 0.5) is 11.6 Å². The van der Waals surface area contributed by atoms with Crippen LogP contribution in [0.1, 0.15) is 58.2 Å². The summed E-state index contributed by atoms with van der Waals surface area (Å²) in [6, 6.07) is 1.98. The van der Waals surface area contributed by atoms with E-state index >= 15 is 0 Å². The van der Waals surface area contributed by atoms with Crippen LogP contribution in [-0.4, -0.2) is 23.1 Å². The lowest BCUT2D eigenvalue weighted by Crippen LogP contribution is -2.07. The quantitative estimate of drug-likeness (QED) is 0.627. The van der Waals surface area contributed by atoms with Gasteiger partial charge in [-0.3, -0.25) is 0 Å². The highest BCUT2D eigenvalue weighted by Crippen LogP contribution is 2.11. The normalized spacial score (nSPS) is 10.5. The highest BCUT2D eigenvalue weighted by molar-refractivity contribution is 5.47. The molecular weight excluding hydrogens is 236 g/mol. The molecule has 1 aromatic heterocycles. The molecule has 0 unspecified atom stereocenters. The molecule has 108 valence electrons. The van der Waals surface area contributed by atoms with Gasteiger partial charge >= 0.3 is 0 Å². The van der Waals surface area contributed by atoms with Crippen molar-refractivity contribution in [2.75, 3.05) is 23.7 Å². The molecule has 0 aliphatic rings. The third-order valence-corrected chi connectivity index (χ3v) is 3.03. The van der Waals surface area contributed by atoms with Gasteiger partial charge in [-0.25, -0.2) is 9.97 Å². The van der Waals surface area contributed by atoms with E-state index in [0.717, 1.165) is 30.5 Å². The van der Waals surface area contributed by atoms with E-state index in [1.807, 2.05) is 13.0 Å². The number of anilines is 2. The van der Waals surface area contributed by atoms with Crippen LogP contribution in [0.5, 0.6) is 0 Å². The Balaban J connectivity index is 2.25. The average molecular weight is 264 g/mol. The van der Waals surface area contributed by atoms with E-state index in [2.05, 4.69) is 34.4 Å². The van der Waals surface area contributed by atoms with Crippen molar-refractivity contribution in [2.24, 2.45) is 0 Å². The maximum atomic E-state index is 4.40. The lowest BCUT2D eigenvalue weighted by Gasteiger charge is -2.09. The van der Waals surface area contributed by atoms with Crippen molar-refractivity contribution in [3.8, 4) is 0 Å². The van der Waals surface area contributed by atoms with Crippen LogP contribution in [-0.2, 0) is 0 Å². The Kier molecular flexibility index (Phi) is 7.94. The molecule has 0 saturated carbocycles. The van der Waals surface area contributed by atoms with Crippen LogP contribution in [0.3, 0.4) is 0 Å². The summed E-state index contributed by atoms with van der Waals surface area (Å²) in [5, 5.41) is 6.61. The lowest BCUT2D eigenvalue weighted by molar-refractivity contribution is 0.616. The van der Waals surface area contributed by atoms with Gasteiger partial charge in [0, 0.05) is 19.2 Å². The molecule has 4 nitrogen and oxygen atoms in total. The maximum absolute atomic E-state index is 4.40. The zero-order chi connectivity index (χ0) is 13.9. The topological polar surface area (TPSA) is 49.8 Å². The second-order valence-electron chi connectivity index (χ2n) is 4.91. The van der Waals surface area contributed by atoms with Crippen molar-refractivity contribution in [2.45, 2.75) is 59.3 Å². The van der Waals surface area contributed by atoms with Crippen LogP contribution < -0.4 is 10.6 Å². The van der Waals surface area contributed by atoms with Gasteiger partial charge in [0.25, 0.3) is 0 Å². The van der Waals surface area contributed by atoms with Crippen molar-refractivity contribution in [1.82, 2.24) is 9.97 Å². The van der Waals surface area contributed by atoms with Crippen LogP contribution in [0.2, 0.25) is 0 Å². The molecule has 0 spiro atoms. The highest BCUT2D eigenvalue weighted by atomic mass is 15.1. The molecular formula is C15H28N4. The maximum Gasteiger partial charge on any atom is 0.131 e. The van der Waals surface area contributed by atoms with Gasteiger partial charge in [0.1, 0.15) is 17.5 Å². The predicted molar refractivity (Wildman–Crippen MR) is 82.8 cm³/mol. The Morgan fingerprint density at radius 1 is 0.895 bits per heavy atom. The molecule has 0 aromatic carbocycles. The number of unbranched alkanes of at least 4 members (excludes halogenated alkanes) is 5. The average Bonchev–Trinajstić information content (AvgIpc) is 2.37. The zero-order valence-electron chi connectivity index (χ0n) is 12.6. The summed E-state index contributed by atoms with van der Waals surface area (Å²) in [6.07, 6.45) is 7.91. The zero-order valence-corrected chi connectivity index (χ0v) is 12.6. The Morgan fingerprint density at radius 3 is 2.21 bits per heavy atom. The third kappa shape index (κ3) is 6.99. The fourth-order valence-corrected chi connectivity index (χ4v) is 2.05. The fourth-order valence-electron chi connectivity index (χ4n) is 2.05. The smallest absolute Gasteiger partial charge is 0.131 e. The lowest BCUT2D eigenvalue weighted by atomic mass is 10.1. The molecule has 0 atom stereocenters. The van der Waals surface area contributed by atoms with Crippen LogP contribution in [0.15, 0.2) is 6.07 Å². The van der Waals surface area contributed by atoms with E-state index in [1.165, 1.54) is 38.5 Å². The standard InChI is InChI=1S/C15H28N4/c1-4-6-7-8-9-10-11-17-15-12-14(16-5-2)18-13(3)19-15/h12H,4-11H2,1-3H3,(H2,16,17,18,19). The van der Waals surface area contributed by atoms with Crippen LogP contribution in [0, 0.1) is 6.92 Å². The summed E-state index contributed by atoms with van der Waals surface area (Å²) in [5.74, 6) is 2.64. The second-order valence-corrected chi connectivity index (χ2v) is 4.91. The monoisotopic (exact) mass is 264 g/mol. The SMILES string of the molecule is CCCCCCCCNc1cc(NCC)nc(C)n1. The fraction of sp³-hybridized carbons (Fsp3) is 0.733. The third-order valence-electron chi connectivity index (χ3n) is 3.03. The van der Waals surface area contributed by atoms with Crippen LogP contribution in [0.25, 0.3) is 0 Å². The Hall–Kier alpha value is -1.32. The summed E-state index contributed by atoms with van der Waals surface area (Å²) >= 11 is 0. The first-order chi connectivity index (χ1) is 9.26. The van der Waals surface area contributed by atoms with Crippen LogP contribution >= 0.6 is 0 Å². The van der Waals surface area contributed by atoms with Gasteiger partial charge in [-0.05, 0) is 20.3 Å². The number of hydrogen-bond acceptors (Lipinski definition) is 4. The molecule has 0 aliphatic carbocycles. The number of aromatic nitrogens is 2. The molecule has 4 heteroatoms. The van der Waals surface area contributed by atoms with E-state index in [4.69, 9.17) is 0 Å². The molecule has 1 aromatic rings. The number of aryl methyl sites for hydroxylation is 1. The van der Waals surface area contributed by atoms with E-state index in [1.54, 1.807) is 0 Å². The number of nitrogens with zero attached hydrogens (tertiary/aromatic N) is 2. The van der Waals surface area contributed by atoms with Gasteiger partial charge in [0.2, 0.25) is 0 Å². The Labute approximate surface area is 117 Å². The molecule has 19 heavy (non-hydrogen) atoms.